The summed E-state index contributed by atoms with van der Waals surface area (Å²) in [5, 5.41) is 5.32. The number of carbonyl (C=O) groups excluding carboxylic acids is 1. The van der Waals surface area contributed by atoms with E-state index >= 15 is 0 Å². The molecule has 1 N–H and O–H groups in total. The standard InChI is InChI=1S/C23H16FNO2S2/c1-27-14-18-21-19(24)8-3-9-20(21)29-22(18)23(26)25-16-6-2-5-15(13-16)10-11-17-7-4-12-28-17/h2-9,12-13H,14H2,1H3,(H,25,26). The van der Waals surface area contributed by atoms with Crippen LogP contribution in [0.25, 0.3) is 10.1 Å². The van der Waals surface area contributed by atoms with Crippen molar-refractivity contribution < 1.29 is 13.9 Å². The normalized spacial score (nSPS) is 10.6. The number of ether oxygens (including phenoxy) is 1. The maximum absolute atomic E-state index is 14.3. The highest BCUT2D eigenvalue weighted by atomic mass is 32.1. The molecule has 0 radical (unpaired) electrons. The van der Waals surface area contributed by atoms with Crippen LogP contribution in [0.3, 0.4) is 0 Å². The van der Waals surface area contributed by atoms with E-state index in [0.717, 1.165) is 15.1 Å². The summed E-state index contributed by atoms with van der Waals surface area (Å²) < 4.78 is 20.3. The molecule has 0 saturated heterocycles. The molecule has 1 amide bonds. The van der Waals surface area contributed by atoms with Crippen LogP contribution >= 0.6 is 22.7 Å². The number of amides is 1. The van der Waals surface area contributed by atoms with E-state index in [9.17, 15) is 9.18 Å². The summed E-state index contributed by atoms with van der Waals surface area (Å²) in [5.41, 5.74) is 2.00. The molecule has 2 aromatic carbocycles. The summed E-state index contributed by atoms with van der Waals surface area (Å²) in [6, 6.07) is 16.1. The number of fused-ring (bicyclic) bond motifs is 1. The molecule has 29 heavy (non-hydrogen) atoms. The quantitative estimate of drug-likeness (QED) is 0.417. The van der Waals surface area contributed by atoms with Crippen LogP contribution in [-0.4, -0.2) is 13.0 Å². The van der Waals surface area contributed by atoms with Gasteiger partial charge < -0.3 is 10.1 Å². The zero-order chi connectivity index (χ0) is 20.2. The van der Waals surface area contributed by atoms with E-state index in [0.29, 0.717) is 21.5 Å². The Kier molecular flexibility index (Phi) is 5.72. The first kappa shape index (κ1) is 19.3. The van der Waals surface area contributed by atoms with Crippen LogP contribution in [0.5, 0.6) is 0 Å². The van der Waals surface area contributed by atoms with Crippen LogP contribution in [-0.2, 0) is 11.3 Å². The summed E-state index contributed by atoms with van der Waals surface area (Å²) in [6.07, 6.45) is 0. The minimum atomic E-state index is -0.351. The summed E-state index contributed by atoms with van der Waals surface area (Å²) in [5.74, 6) is 5.56. The maximum atomic E-state index is 14.3. The topological polar surface area (TPSA) is 38.3 Å². The second-order valence-electron chi connectivity index (χ2n) is 6.22. The van der Waals surface area contributed by atoms with E-state index in [1.807, 2.05) is 35.7 Å². The van der Waals surface area contributed by atoms with Crippen molar-refractivity contribution in [3.05, 3.63) is 86.7 Å². The van der Waals surface area contributed by atoms with Gasteiger partial charge in [-0.15, -0.1) is 22.7 Å². The molecule has 2 aromatic heterocycles. The number of thiophene rings is 2. The van der Waals surface area contributed by atoms with E-state index in [-0.39, 0.29) is 18.3 Å². The minimum Gasteiger partial charge on any atom is -0.380 e. The zero-order valence-corrected chi connectivity index (χ0v) is 17.1. The predicted octanol–water partition coefficient (Wildman–Crippen LogP) is 5.90. The fourth-order valence-electron chi connectivity index (χ4n) is 2.98. The van der Waals surface area contributed by atoms with Gasteiger partial charge in [0.2, 0.25) is 0 Å². The Labute approximate surface area is 175 Å². The molecule has 6 heteroatoms. The van der Waals surface area contributed by atoms with Gasteiger partial charge >= 0.3 is 0 Å². The molecule has 144 valence electrons. The van der Waals surface area contributed by atoms with Gasteiger partial charge in [0.1, 0.15) is 5.82 Å². The molecular weight excluding hydrogens is 405 g/mol. The van der Waals surface area contributed by atoms with Crippen molar-refractivity contribution in [3.63, 3.8) is 0 Å². The lowest BCUT2D eigenvalue weighted by molar-refractivity contribution is 0.102. The molecule has 0 fully saturated rings. The van der Waals surface area contributed by atoms with Gasteiger partial charge in [0.05, 0.1) is 16.4 Å². The van der Waals surface area contributed by atoms with Gasteiger partial charge in [0, 0.05) is 34.0 Å². The smallest absolute Gasteiger partial charge is 0.266 e. The molecule has 0 unspecified atom stereocenters. The molecule has 0 aliphatic carbocycles. The summed E-state index contributed by atoms with van der Waals surface area (Å²) in [7, 11) is 1.53. The molecule has 0 saturated carbocycles. The van der Waals surface area contributed by atoms with Crippen LogP contribution in [0.15, 0.2) is 60.0 Å². The third-order valence-electron chi connectivity index (χ3n) is 4.23. The fourth-order valence-corrected chi connectivity index (χ4v) is 4.67. The molecule has 4 rings (SSSR count). The van der Waals surface area contributed by atoms with Crippen LogP contribution in [0.4, 0.5) is 10.1 Å². The van der Waals surface area contributed by atoms with Gasteiger partial charge in [-0.2, -0.15) is 0 Å². The van der Waals surface area contributed by atoms with E-state index < -0.39 is 0 Å². The molecule has 0 atom stereocenters. The third-order valence-corrected chi connectivity index (χ3v) is 6.21. The number of hydrogen-bond acceptors (Lipinski definition) is 4. The van der Waals surface area contributed by atoms with Crippen molar-refractivity contribution in [3.8, 4) is 11.8 Å². The molecule has 0 aliphatic heterocycles. The second kappa shape index (κ2) is 8.58. The predicted molar refractivity (Wildman–Crippen MR) is 117 cm³/mol. The van der Waals surface area contributed by atoms with E-state index in [2.05, 4.69) is 17.2 Å². The van der Waals surface area contributed by atoms with Crippen LogP contribution in [0.2, 0.25) is 0 Å². The Hall–Kier alpha value is -2.98. The number of hydrogen-bond donors (Lipinski definition) is 1. The molecule has 0 bridgehead atoms. The Morgan fingerprint density at radius 3 is 2.79 bits per heavy atom. The monoisotopic (exact) mass is 421 g/mol. The largest absolute Gasteiger partial charge is 0.380 e. The highest BCUT2D eigenvalue weighted by Gasteiger charge is 2.20. The first-order chi connectivity index (χ1) is 14.2. The van der Waals surface area contributed by atoms with Crippen LogP contribution in [0.1, 0.15) is 25.7 Å². The number of halogens is 1. The lowest BCUT2D eigenvalue weighted by Gasteiger charge is -2.07. The van der Waals surface area contributed by atoms with Crippen LogP contribution < -0.4 is 5.32 Å². The molecule has 4 aromatic rings. The van der Waals surface area contributed by atoms with Crippen LogP contribution in [0, 0.1) is 17.7 Å². The highest BCUT2D eigenvalue weighted by molar-refractivity contribution is 7.21. The summed E-state index contributed by atoms with van der Waals surface area (Å²) >= 11 is 2.84. The lowest BCUT2D eigenvalue weighted by Crippen LogP contribution is -2.12. The fraction of sp³-hybridized carbons (Fsp3) is 0.0870. The first-order valence-electron chi connectivity index (χ1n) is 8.81. The number of nitrogens with one attached hydrogen (secondary N) is 1. The van der Waals surface area contributed by atoms with E-state index in [1.54, 1.807) is 29.5 Å². The Balaban J connectivity index is 1.62. The van der Waals surface area contributed by atoms with Gasteiger partial charge in [0.25, 0.3) is 5.91 Å². The van der Waals surface area contributed by atoms with Crippen molar-refractivity contribution in [1.82, 2.24) is 0 Å². The van der Waals surface area contributed by atoms with E-state index in [4.69, 9.17) is 4.74 Å². The van der Waals surface area contributed by atoms with E-state index in [1.165, 1.54) is 24.5 Å². The van der Waals surface area contributed by atoms with Gasteiger partial charge in [-0.25, -0.2) is 4.39 Å². The summed E-state index contributed by atoms with van der Waals surface area (Å²) in [6.45, 7) is 0.163. The minimum absolute atomic E-state index is 0.163. The number of rotatable bonds is 4. The van der Waals surface area contributed by atoms with Gasteiger partial charge in [-0.05, 0) is 41.8 Å². The number of benzene rings is 2. The molecule has 0 aliphatic rings. The number of methoxy groups -OCH3 is 1. The Morgan fingerprint density at radius 2 is 2.00 bits per heavy atom. The Morgan fingerprint density at radius 1 is 1.14 bits per heavy atom. The molecule has 0 spiro atoms. The average Bonchev–Trinajstić information content (AvgIpc) is 3.36. The Bertz CT molecular complexity index is 1230. The molecule has 3 nitrogen and oxygen atoms in total. The van der Waals surface area contributed by atoms with Gasteiger partial charge in [-0.1, -0.05) is 30.0 Å². The maximum Gasteiger partial charge on any atom is 0.266 e. The van der Waals surface area contributed by atoms with Crippen molar-refractivity contribution in [2.45, 2.75) is 6.61 Å². The highest BCUT2D eigenvalue weighted by Crippen LogP contribution is 2.34. The van der Waals surface area contributed by atoms with Crippen molar-refractivity contribution >= 4 is 44.4 Å². The zero-order valence-electron chi connectivity index (χ0n) is 15.5. The van der Waals surface area contributed by atoms with Gasteiger partial charge in [0.15, 0.2) is 0 Å². The van der Waals surface area contributed by atoms with Crippen molar-refractivity contribution in [1.29, 1.82) is 0 Å². The second-order valence-corrected chi connectivity index (χ2v) is 8.22. The number of anilines is 1. The molecule has 2 heterocycles. The SMILES string of the molecule is COCc1c(C(=O)Nc2cccc(C#Cc3cccs3)c2)sc2cccc(F)c12. The number of carbonyl (C=O) groups is 1. The third kappa shape index (κ3) is 4.22. The van der Waals surface area contributed by atoms with Crippen molar-refractivity contribution in [2.75, 3.05) is 12.4 Å². The van der Waals surface area contributed by atoms with Crippen molar-refractivity contribution in [2.24, 2.45) is 0 Å². The average molecular weight is 422 g/mol. The summed E-state index contributed by atoms with van der Waals surface area (Å²) in [4.78, 5) is 14.4. The van der Waals surface area contributed by atoms with Gasteiger partial charge in [-0.3, -0.25) is 4.79 Å². The lowest BCUT2D eigenvalue weighted by atomic mass is 10.1. The first-order valence-corrected chi connectivity index (χ1v) is 10.5. The molecular formula is C23H16FNO2S2.